The fraction of sp³-hybridized carbons (Fsp3) is 0.226. The third-order valence-corrected chi connectivity index (χ3v) is 13.6. The van der Waals surface area contributed by atoms with Crippen LogP contribution in [-0.4, -0.2) is 19.6 Å². The van der Waals surface area contributed by atoms with Gasteiger partial charge in [-0.2, -0.15) is 0 Å². The summed E-state index contributed by atoms with van der Waals surface area (Å²) in [5.41, 5.74) is 13.8. The predicted octanol–water partition coefficient (Wildman–Crippen LogP) is 16.8. The summed E-state index contributed by atoms with van der Waals surface area (Å²) in [5.74, 6) is -1.84. The van der Waals surface area contributed by atoms with Crippen molar-refractivity contribution in [3.8, 4) is 78.6 Å². The van der Waals surface area contributed by atoms with Gasteiger partial charge in [0.25, 0.3) is 0 Å². The van der Waals surface area contributed by atoms with Crippen molar-refractivity contribution in [2.24, 2.45) is 5.41 Å². The zero-order chi connectivity index (χ0) is 50.8. The molecule has 0 fully saturated rings. The Bertz CT molecular complexity index is 3430. The van der Waals surface area contributed by atoms with Crippen LogP contribution in [0, 0.1) is 18.3 Å². The summed E-state index contributed by atoms with van der Waals surface area (Å²) in [6.45, 7) is 16.3. The van der Waals surface area contributed by atoms with Gasteiger partial charge in [0, 0.05) is 45.4 Å². The van der Waals surface area contributed by atoms with Crippen LogP contribution in [0.2, 0.25) is 0 Å². The van der Waals surface area contributed by atoms with Crippen LogP contribution in [0.5, 0.6) is 5.75 Å². The molecule has 0 spiro atoms. The van der Waals surface area contributed by atoms with E-state index in [4.69, 9.17) is 14.1 Å². The van der Waals surface area contributed by atoms with Gasteiger partial charge in [-0.05, 0) is 98.7 Å². The molecule has 0 radical (unpaired) electrons. The van der Waals surface area contributed by atoms with Crippen molar-refractivity contribution in [3.63, 3.8) is 0 Å². The van der Waals surface area contributed by atoms with Gasteiger partial charge in [-0.15, -0.1) is 23.8 Å². The van der Waals surface area contributed by atoms with Gasteiger partial charge in [0.1, 0.15) is 11.6 Å². The van der Waals surface area contributed by atoms with Gasteiger partial charge in [0.05, 0.1) is 22.3 Å². The number of para-hydroxylation sites is 1. The first-order valence-electron chi connectivity index (χ1n) is 25.2. The summed E-state index contributed by atoms with van der Waals surface area (Å²) in [7, 11) is 0. The number of hydrogen-bond acceptors (Lipinski definition) is 3. The Labute approximate surface area is 419 Å². The standard InChI is InChI=1S/C62H60N3O.Pt/c1-39(2)46-35-52(40(3)4)59(66)54(36-46)60-64-58-51(22-17-23-57(58)65(60)56-29-28-50(62(9,10)61(6,7)8)38-53(56)44-20-15-12-16-21-44)48-32-47(42-18-13-11-14-19-42)33-49(34-48)55-37-45(30-31-63-55)43-26-24-41(5)25-27-43;/h11-33,35-40,66H,1-10H3;/q-1;/i5D3,39D,40D;. The summed E-state index contributed by atoms with van der Waals surface area (Å²) in [4.78, 5) is 10.4. The van der Waals surface area contributed by atoms with E-state index in [-0.39, 0.29) is 43.2 Å². The summed E-state index contributed by atoms with van der Waals surface area (Å²) in [5, 5.41) is 12.5. The minimum Gasteiger partial charge on any atom is -0.507 e. The van der Waals surface area contributed by atoms with Crippen LogP contribution in [0.4, 0.5) is 0 Å². The van der Waals surface area contributed by atoms with Crippen molar-refractivity contribution in [2.45, 2.75) is 86.4 Å². The topological polar surface area (TPSA) is 50.9 Å². The van der Waals surface area contributed by atoms with E-state index in [2.05, 4.69) is 112 Å². The van der Waals surface area contributed by atoms with E-state index in [1.807, 2.05) is 86.6 Å². The Hall–Kier alpha value is -6.35. The number of rotatable bonds is 10. The molecule has 0 aliphatic carbocycles. The molecule has 2 heterocycles. The van der Waals surface area contributed by atoms with E-state index >= 15 is 0 Å². The predicted molar refractivity (Wildman–Crippen MR) is 277 cm³/mol. The molecule has 4 nitrogen and oxygen atoms in total. The number of imidazole rings is 1. The van der Waals surface area contributed by atoms with Gasteiger partial charge in [0.2, 0.25) is 0 Å². The average molecular weight is 1060 g/mol. The van der Waals surface area contributed by atoms with E-state index in [1.54, 1.807) is 38.2 Å². The normalized spacial score (nSPS) is 13.5. The number of aryl methyl sites for hydroxylation is 1. The van der Waals surface area contributed by atoms with Gasteiger partial charge in [-0.25, -0.2) is 4.98 Å². The second kappa shape index (κ2) is 18.7. The minimum atomic E-state index is -2.20. The molecule has 0 bridgehead atoms. The van der Waals surface area contributed by atoms with Gasteiger partial charge < -0.3 is 5.11 Å². The first-order valence-corrected chi connectivity index (χ1v) is 22.7. The number of nitrogens with zero attached hydrogens (tertiary/aromatic N) is 3. The number of benzene rings is 7. The fourth-order valence-corrected chi connectivity index (χ4v) is 8.69. The van der Waals surface area contributed by atoms with Gasteiger partial charge >= 0.3 is 0 Å². The molecule has 0 aliphatic heterocycles. The van der Waals surface area contributed by atoms with Crippen molar-refractivity contribution in [1.29, 1.82) is 0 Å². The number of phenols is 1. The fourth-order valence-electron chi connectivity index (χ4n) is 8.69. The number of phenolic OH excluding ortho intramolecular Hbond substituents is 1. The third kappa shape index (κ3) is 9.09. The molecule has 0 aliphatic rings. The molecule has 0 saturated heterocycles. The van der Waals surface area contributed by atoms with Crippen molar-refractivity contribution in [2.75, 3.05) is 0 Å². The SMILES string of the molecule is [2H]C([2H])([2H])c1ccc(-c2ccnc(-c3[c-]c(-c4cccc5c4nc(-c4cc(C([2H])(C)C)cc(C([2H])(C)C)c4O)n5-c4ccc(C(C)(C)C(C)(C)C)cc4-c4ccccc4)cc(-c4ccccc4)c3)c2)cc1.[Pt]. The summed E-state index contributed by atoms with van der Waals surface area (Å²) in [6.07, 6.45) is 1.77. The molecular weight excluding hydrogens is 998 g/mol. The molecule has 0 atom stereocenters. The average Bonchev–Trinajstić information content (AvgIpc) is 3.72. The maximum absolute atomic E-state index is 12.5. The molecule has 0 amide bonds. The maximum Gasteiger partial charge on any atom is 0.148 e. The Balaban J connectivity index is 0.00000693. The van der Waals surface area contributed by atoms with Crippen LogP contribution in [0.3, 0.4) is 0 Å². The zero-order valence-electron chi connectivity index (χ0n) is 44.7. The van der Waals surface area contributed by atoms with E-state index in [0.29, 0.717) is 33.7 Å². The number of aromatic nitrogens is 3. The van der Waals surface area contributed by atoms with Crippen molar-refractivity contribution < 1.29 is 33.0 Å². The molecule has 0 unspecified atom stereocenters. The van der Waals surface area contributed by atoms with Crippen LogP contribution in [0.25, 0.3) is 83.9 Å². The monoisotopic (exact) mass is 1060 g/mol. The van der Waals surface area contributed by atoms with Crippen molar-refractivity contribution in [1.82, 2.24) is 14.5 Å². The summed E-state index contributed by atoms with van der Waals surface area (Å²) >= 11 is 0. The number of pyridine rings is 1. The second-order valence-corrected chi connectivity index (χ2v) is 19.4. The van der Waals surface area contributed by atoms with Crippen LogP contribution in [0.1, 0.15) is 103 Å². The summed E-state index contributed by atoms with van der Waals surface area (Å²) < 4.78 is 44.2. The smallest absolute Gasteiger partial charge is 0.148 e. The first kappa shape index (κ1) is 40.9. The Kier molecular flexibility index (Phi) is 11.4. The maximum atomic E-state index is 12.5. The molecule has 5 heteroatoms. The van der Waals surface area contributed by atoms with Gasteiger partial charge in [-0.3, -0.25) is 9.55 Å². The van der Waals surface area contributed by atoms with E-state index < -0.39 is 18.6 Å². The first-order chi connectivity index (χ1) is 33.4. The molecule has 9 rings (SSSR count). The van der Waals surface area contributed by atoms with Gasteiger partial charge in [-0.1, -0.05) is 200 Å². The second-order valence-electron chi connectivity index (χ2n) is 19.4. The van der Waals surface area contributed by atoms with E-state index in [1.165, 1.54) is 5.56 Å². The van der Waals surface area contributed by atoms with Crippen LogP contribution >= 0.6 is 0 Å². The molecule has 7 aromatic carbocycles. The van der Waals surface area contributed by atoms with E-state index in [9.17, 15) is 7.85 Å². The van der Waals surface area contributed by atoms with E-state index in [0.717, 1.165) is 61.3 Å². The van der Waals surface area contributed by atoms with Crippen molar-refractivity contribution >= 4 is 11.0 Å². The minimum absolute atomic E-state index is 0. The Morgan fingerprint density at radius 3 is 1.94 bits per heavy atom. The van der Waals surface area contributed by atoms with Crippen LogP contribution in [-0.2, 0) is 26.5 Å². The molecule has 67 heavy (non-hydrogen) atoms. The number of fused-ring (bicyclic) bond motifs is 1. The van der Waals surface area contributed by atoms with Crippen molar-refractivity contribution in [3.05, 3.63) is 192 Å². The van der Waals surface area contributed by atoms with Crippen LogP contribution in [0.15, 0.2) is 164 Å². The molecule has 340 valence electrons. The molecule has 9 aromatic rings. The molecule has 2 aromatic heterocycles. The summed E-state index contributed by atoms with van der Waals surface area (Å²) in [6, 6.07) is 55.9. The molecule has 1 N–H and O–H groups in total. The largest absolute Gasteiger partial charge is 0.507 e. The Morgan fingerprint density at radius 1 is 0.612 bits per heavy atom. The Morgan fingerprint density at radius 2 is 1.28 bits per heavy atom. The third-order valence-electron chi connectivity index (χ3n) is 13.6. The number of hydrogen-bond donors (Lipinski definition) is 1. The zero-order valence-corrected chi connectivity index (χ0v) is 42.0. The van der Waals surface area contributed by atoms with Crippen LogP contribution < -0.4 is 0 Å². The molecular formula is C62H60N3OPt-. The quantitative estimate of drug-likeness (QED) is 0.139. The molecule has 0 saturated carbocycles. The number of aromatic hydroxyl groups is 1. The van der Waals surface area contributed by atoms with Gasteiger partial charge in [0.15, 0.2) is 0 Å².